The molecule has 0 fully saturated rings. The molecule has 5 nitrogen and oxygen atoms in total. The quantitative estimate of drug-likeness (QED) is 0.756. The Labute approximate surface area is 119 Å². The third-order valence-corrected chi connectivity index (χ3v) is 3.25. The number of benzene rings is 2. The van der Waals surface area contributed by atoms with Crippen molar-refractivity contribution in [3.05, 3.63) is 52.9 Å². The van der Waals surface area contributed by atoms with Crippen LogP contribution in [0.15, 0.2) is 51.9 Å². The van der Waals surface area contributed by atoms with E-state index in [1.165, 1.54) is 37.6 Å². The van der Waals surface area contributed by atoms with E-state index < -0.39 is 0 Å². The summed E-state index contributed by atoms with van der Waals surface area (Å²) in [5.74, 6) is 0.497. The Morgan fingerprint density at radius 1 is 1.05 bits per heavy atom. The van der Waals surface area contributed by atoms with Gasteiger partial charge in [0.15, 0.2) is 0 Å². The molecule has 1 heterocycles. The fourth-order valence-corrected chi connectivity index (χ4v) is 2.16. The second kappa shape index (κ2) is 4.86. The van der Waals surface area contributed by atoms with Gasteiger partial charge in [-0.1, -0.05) is 0 Å². The number of methoxy groups -OCH3 is 1. The molecule has 21 heavy (non-hydrogen) atoms. The minimum absolute atomic E-state index is 0.0163. The second-order valence-corrected chi connectivity index (χ2v) is 4.54. The molecule has 106 valence electrons. The summed E-state index contributed by atoms with van der Waals surface area (Å²) in [5.41, 5.74) is 0.550. The van der Waals surface area contributed by atoms with E-state index in [2.05, 4.69) is 0 Å². The van der Waals surface area contributed by atoms with Crippen molar-refractivity contribution in [2.75, 3.05) is 7.11 Å². The lowest BCUT2D eigenvalue weighted by molar-refractivity contribution is 0.412. The van der Waals surface area contributed by atoms with E-state index in [-0.39, 0.29) is 28.1 Å². The Morgan fingerprint density at radius 2 is 1.86 bits per heavy atom. The predicted octanol–water partition coefficient (Wildman–Crippen LogP) is 2.88. The molecule has 1 aromatic heterocycles. The monoisotopic (exact) mass is 284 g/mol. The average molecular weight is 284 g/mol. The van der Waals surface area contributed by atoms with Crippen molar-refractivity contribution in [3.63, 3.8) is 0 Å². The van der Waals surface area contributed by atoms with Crippen LogP contribution in [0, 0.1) is 0 Å². The van der Waals surface area contributed by atoms with Gasteiger partial charge in [0.25, 0.3) is 0 Å². The van der Waals surface area contributed by atoms with Gasteiger partial charge >= 0.3 is 0 Å². The van der Waals surface area contributed by atoms with Gasteiger partial charge < -0.3 is 19.4 Å². The lowest BCUT2D eigenvalue weighted by Gasteiger charge is -2.07. The molecule has 3 rings (SSSR count). The van der Waals surface area contributed by atoms with Crippen LogP contribution in [-0.2, 0) is 0 Å². The van der Waals surface area contributed by atoms with Crippen molar-refractivity contribution >= 4 is 11.0 Å². The summed E-state index contributed by atoms with van der Waals surface area (Å²) in [7, 11) is 1.50. The van der Waals surface area contributed by atoms with Gasteiger partial charge in [0.05, 0.1) is 18.1 Å². The molecule has 0 saturated heterocycles. The Hall–Kier alpha value is -2.95. The number of aromatic hydroxyl groups is 2. The van der Waals surface area contributed by atoms with Crippen molar-refractivity contribution in [1.29, 1.82) is 0 Å². The number of rotatable bonds is 2. The van der Waals surface area contributed by atoms with Crippen LogP contribution in [0.25, 0.3) is 22.1 Å². The van der Waals surface area contributed by atoms with Crippen molar-refractivity contribution in [3.8, 4) is 28.4 Å². The Morgan fingerprint density at radius 3 is 2.62 bits per heavy atom. The Kier molecular flexibility index (Phi) is 3.02. The molecular formula is C16H12O5. The maximum absolute atomic E-state index is 12.5. The number of fused-ring (bicyclic) bond motifs is 1. The lowest BCUT2D eigenvalue weighted by atomic mass is 10.0. The van der Waals surface area contributed by atoms with Gasteiger partial charge in [-0.05, 0) is 30.3 Å². The van der Waals surface area contributed by atoms with Crippen LogP contribution < -0.4 is 10.2 Å². The lowest BCUT2D eigenvalue weighted by Crippen LogP contribution is -2.04. The van der Waals surface area contributed by atoms with Crippen LogP contribution in [0.3, 0.4) is 0 Å². The standard InChI is InChI=1S/C16H12O5/c1-20-10-3-5-14(18)12(7-10)13-8-21-15-6-9(17)2-4-11(15)16(13)19/h2-8,17-18H,1H3. The SMILES string of the molecule is COc1ccc(O)c(-c2coc3cc(O)ccc3c2=O)c1. The highest BCUT2D eigenvalue weighted by Crippen LogP contribution is 2.32. The summed E-state index contributed by atoms with van der Waals surface area (Å²) in [6.07, 6.45) is 1.26. The van der Waals surface area contributed by atoms with E-state index in [9.17, 15) is 15.0 Å². The zero-order chi connectivity index (χ0) is 15.0. The van der Waals surface area contributed by atoms with Crippen molar-refractivity contribution in [2.45, 2.75) is 0 Å². The van der Waals surface area contributed by atoms with E-state index in [1.54, 1.807) is 12.1 Å². The second-order valence-electron chi connectivity index (χ2n) is 4.54. The number of phenolic OH excluding ortho intramolecular Hbond substituents is 2. The molecule has 0 unspecified atom stereocenters. The maximum atomic E-state index is 12.5. The summed E-state index contributed by atoms with van der Waals surface area (Å²) in [6, 6.07) is 8.87. The summed E-state index contributed by atoms with van der Waals surface area (Å²) >= 11 is 0. The highest BCUT2D eigenvalue weighted by Gasteiger charge is 2.13. The zero-order valence-corrected chi connectivity index (χ0v) is 11.2. The maximum Gasteiger partial charge on any atom is 0.200 e. The molecule has 2 aromatic carbocycles. The van der Waals surface area contributed by atoms with Crippen LogP contribution in [0.1, 0.15) is 0 Å². The van der Waals surface area contributed by atoms with Crippen LogP contribution in [0.5, 0.6) is 17.2 Å². The fourth-order valence-electron chi connectivity index (χ4n) is 2.16. The summed E-state index contributed by atoms with van der Waals surface area (Å²) in [6.45, 7) is 0. The van der Waals surface area contributed by atoms with Gasteiger partial charge in [-0.25, -0.2) is 0 Å². The first-order valence-electron chi connectivity index (χ1n) is 6.22. The fraction of sp³-hybridized carbons (Fsp3) is 0.0625. The molecule has 0 aliphatic heterocycles. The van der Waals surface area contributed by atoms with Crippen LogP contribution >= 0.6 is 0 Å². The molecule has 0 atom stereocenters. The summed E-state index contributed by atoms with van der Waals surface area (Å²) < 4.78 is 10.5. The molecule has 0 aliphatic carbocycles. The summed E-state index contributed by atoms with van der Waals surface area (Å²) in [5, 5.41) is 19.7. The Balaban J connectivity index is 2.29. The van der Waals surface area contributed by atoms with E-state index >= 15 is 0 Å². The molecule has 3 aromatic rings. The number of hydrogen-bond acceptors (Lipinski definition) is 5. The molecule has 0 bridgehead atoms. The molecule has 0 amide bonds. The average Bonchev–Trinajstić information content (AvgIpc) is 2.48. The predicted molar refractivity (Wildman–Crippen MR) is 77.8 cm³/mol. The smallest absolute Gasteiger partial charge is 0.200 e. The van der Waals surface area contributed by atoms with E-state index in [1.807, 2.05) is 0 Å². The summed E-state index contributed by atoms with van der Waals surface area (Å²) in [4.78, 5) is 12.5. The van der Waals surface area contributed by atoms with Crippen molar-refractivity contribution in [2.24, 2.45) is 0 Å². The topological polar surface area (TPSA) is 79.9 Å². The number of ether oxygens (including phenoxy) is 1. The first-order chi connectivity index (χ1) is 10.1. The first kappa shape index (κ1) is 13.1. The van der Waals surface area contributed by atoms with Crippen LogP contribution in [-0.4, -0.2) is 17.3 Å². The Bertz CT molecular complexity index is 879. The molecule has 2 N–H and O–H groups in total. The molecule has 0 radical (unpaired) electrons. The highest BCUT2D eigenvalue weighted by atomic mass is 16.5. The van der Waals surface area contributed by atoms with Crippen molar-refractivity contribution < 1.29 is 19.4 Å². The van der Waals surface area contributed by atoms with Gasteiger partial charge in [0.1, 0.15) is 29.1 Å². The van der Waals surface area contributed by atoms with Gasteiger partial charge in [-0.2, -0.15) is 0 Å². The molecule has 5 heteroatoms. The van der Waals surface area contributed by atoms with E-state index in [4.69, 9.17) is 9.15 Å². The first-order valence-corrected chi connectivity index (χ1v) is 6.22. The van der Waals surface area contributed by atoms with E-state index in [0.717, 1.165) is 0 Å². The van der Waals surface area contributed by atoms with Crippen LogP contribution in [0.2, 0.25) is 0 Å². The number of hydrogen-bond donors (Lipinski definition) is 2. The molecular weight excluding hydrogens is 272 g/mol. The van der Waals surface area contributed by atoms with Gasteiger partial charge in [-0.3, -0.25) is 4.79 Å². The molecule has 0 spiro atoms. The van der Waals surface area contributed by atoms with Gasteiger partial charge in [-0.15, -0.1) is 0 Å². The number of phenols is 2. The largest absolute Gasteiger partial charge is 0.508 e. The molecule has 0 saturated carbocycles. The normalized spacial score (nSPS) is 10.7. The van der Waals surface area contributed by atoms with Gasteiger partial charge in [0.2, 0.25) is 5.43 Å². The van der Waals surface area contributed by atoms with Gasteiger partial charge in [0, 0.05) is 11.6 Å². The zero-order valence-electron chi connectivity index (χ0n) is 11.2. The minimum atomic E-state index is -0.292. The van der Waals surface area contributed by atoms with Crippen molar-refractivity contribution in [1.82, 2.24) is 0 Å². The van der Waals surface area contributed by atoms with Crippen LogP contribution in [0.4, 0.5) is 0 Å². The third-order valence-electron chi connectivity index (χ3n) is 3.25. The third kappa shape index (κ3) is 2.18. The highest BCUT2D eigenvalue weighted by molar-refractivity contribution is 5.84. The minimum Gasteiger partial charge on any atom is -0.508 e. The van der Waals surface area contributed by atoms with E-state index in [0.29, 0.717) is 16.7 Å². The molecule has 0 aliphatic rings.